The van der Waals surface area contributed by atoms with Gasteiger partial charge in [0.25, 0.3) is 0 Å². The number of hydrogen-bond donors (Lipinski definition) is 0. The molecule has 1 atom stereocenters. The molecule has 4 heteroatoms. The second-order valence-electron chi connectivity index (χ2n) is 11.2. The Hall–Kier alpha value is -4.31. The third kappa shape index (κ3) is 5.04. The highest BCUT2D eigenvalue weighted by molar-refractivity contribution is 5.59. The maximum atomic E-state index is 13.0. The van der Waals surface area contributed by atoms with Crippen molar-refractivity contribution < 1.29 is 17.6 Å². The summed E-state index contributed by atoms with van der Waals surface area (Å²) >= 11 is 0. The van der Waals surface area contributed by atoms with E-state index < -0.39 is 11.7 Å². The summed E-state index contributed by atoms with van der Waals surface area (Å²) in [7, 11) is 0. The summed E-state index contributed by atoms with van der Waals surface area (Å²) in [5.74, 6) is 1.84. The molecule has 7 rings (SSSR count). The molecule has 1 heterocycles. The fourth-order valence-corrected chi connectivity index (χ4v) is 6.60. The minimum absolute atomic E-state index is 0.372. The largest absolute Gasteiger partial charge is 0.461 e. The molecule has 0 saturated heterocycles. The molecule has 4 aromatic carbocycles. The van der Waals surface area contributed by atoms with Crippen molar-refractivity contribution >= 4 is 11.6 Å². The van der Waals surface area contributed by atoms with Gasteiger partial charge < -0.3 is 4.42 Å². The summed E-state index contributed by atoms with van der Waals surface area (Å²) < 4.78 is 45.2. The Morgan fingerprint density at radius 2 is 1.44 bits per heavy atom. The van der Waals surface area contributed by atoms with Crippen molar-refractivity contribution in [2.24, 2.45) is 5.92 Å². The second-order valence-corrected chi connectivity index (χ2v) is 11.2. The molecule has 0 aliphatic heterocycles. The van der Waals surface area contributed by atoms with Crippen LogP contribution < -0.4 is 10.4 Å². The van der Waals surface area contributed by atoms with Gasteiger partial charge in [0.05, 0.1) is 5.56 Å². The Kier molecular flexibility index (Phi) is 6.42. The molecule has 2 aliphatic carbocycles. The predicted molar refractivity (Wildman–Crippen MR) is 156 cm³/mol. The van der Waals surface area contributed by atoms with Gasteiger partial charge in [-0.3, -0.25) is 0 Å². The number of halogens is 3. The highest BCUT2D eigenvalue weighted by Gasteiger charge is 2.30. The summed E-state index contributed by atoms with van der Waals surface area (Å²) in [5, 5.41) is 5.33. The average molecular weight is 547 g/mol. The van der Waals surface area contributed by atoms with Crippen LogP contribution in [0.5, 0.6) is 0 Å². The average Bonchev–Trinajstić information content (AvgIpc) is 3.45. The summed E-state index contributed by atoms with van der Waals surface area (Å²) in [6.07, 6.45) is 2.58. The normalized spacial score (nSPS) is 16.0. The maximum Gasteiger partial charge on any atom is 0.416 e. The van der Waals surface area contributed by atoms with E-state index in [1.54, 1.807) is 0 Å². The van der Waals surface area contributed by atoms with Gasteiger partial charge in [-0.25, -0.2) is 0 Å². The van der Waals surface area contributed by atoms with Gasteiger partial charge in [0.2, 0.25) is 0 Å². The molecule has 41 heavy (non-hydrogen) atoms. The van der Waals surface area contributed by atoms with Crippen LogP contribution in [0.15, 0.2) is 108 Å². The monoisotopic (exact) mass is 546 g/mol. The molecule has 0 saturated carbocycles. The van der Waals surface area contributed by atoms with Gasteiger partial charge in [0.15, 0.2) is 0 Å². The highest BCUT2D eigenvalue weighted by atomic mass is 19.4. The molecule has 0 spiro atoms. The quantitative estimate of drug-likeness (QED) is 0.219. The van der Waals surface area contributed by atoms with Gasteiger partial charge in [-0.1, -0.05) is 90.5 Å². The Balaban J connectivity index is 1.24. The van der Waals surface area contributed by atoms with Crippen LogP contribution in [0.3, 0.4) is 0 Å². The van der Waals surface area contributed by atoms with E-state index in [1.165, 1.54) is 55.3 Å². The number of furan rings is 1. The van der Waals surface area contributed by atoms with Gasteiger partial charge in [0, 0.05) is 12.0 Å². The third-order valence-corrected chi connectivity index (χ3v) is 8.53. The Morgan fingerprint density at radius 3 is 2.24 bits per heavy atom. The topological polar surface area (TPSA) is 13.1 Å². The molecule has 0 N–H and O–H groups in total. The van der Waals surface area contributed by atoms with E-state index in [9.17, 15) is 13.2 Å². The molecule has 5 aromatic rings. The SMILES string of the molecule is FC(F)(F)c1ccc(-c2ccc(CC3CC(Cc4ccccc4)=c4ccc5c(c4C3)CC=c3ccccc3=5)o2)cc1. The van der Waals surface area contributed by atoms with E-state index in [4.69, 9.17) is 4.42 Å². The lowest BCUT2D eigenvalue weighted by atomic mass is 9.77. The molecule has 1 aromatic heterocycles. The van der Waals surface area contributed by atoms with Crippen LogP contribution in [0.4, 0.5) is 13.2 Å². The standard InChI is InChI=1S/C37H29F3O/c38-37(39,40)29-13-10-27(11-14-29)36-19-15-30(41-36)22-25-21-28(20-24-6-2-1-3-7-24)32-17-18-33-31-9-5-4-8-26(31)12-16-34(33)35(32)23-25/h1-15,17-19,25H,16,20-23H2. The van der Waals surface area contributed by atoms with E-state index in [1.807, 2.05) is 12.1 Å². The molecular formula is C37H29F3O. The van der Waals surface area contributed by atoms with Crippen molar-refractivity contribution in [1.82, 2.24) is 0 Å². The Labute approximate surface area is 236 Å². The molecule has 204 valence electrons. The minimum atomic E-state index is -4.35. The smallest absolute Gasteiger partial charge is 0.416 e. The maximum absolute atomic E-state index is 13.0. The van der Waals surface area contributed by atoms with E-state index >= 15 is 0 Å². The Bertz CT molecular complexity index is 1950. The number of hydrogen-bond acceptors (Lipinski definition) is 1. The van der Waals surface area contributed by atoms with Gasteiger partial charge in [-0.15, -0.1) is 0 Å². The summed E-state index contributed by atoms with van der Waals surface area (Å²) in [6, 6.07) is 32.9. The first-order chi connectivity index (χ1) is 19.9. The molecular weight excluding hydrogens is 517 g/mol. The summed E-state index contributed by atoms with van der Waals surface area (Å²) in [5.41, 5.74) is 5.65. The first kappa shape index (κ1) is 25.6. The molecule has 0 fully saturated rings. The van der Waals surface area contributed by atoms with Gasteiger partial charge >= 0.3 is 6.18 Å². The van der Waals surface area contributed by atoms with Crippen LogP contribution >= 0.6 is 0 Å². The number of alkyl halides is 3. The third-order valence-electron chi connectivity index (χ3n) is 8.53. The summed E-state index contributed by atoms with van der Waals surface area (Å²) in [6.45, 7) is 0. The fraction of sp³-hybridized carbons (Fsp3) is 0.189. The molecule has 1 nitrogen and oxygen atoms in total. The van der Waals surface area contributed by atoms with E-state index in [-0.39, 0.29) is 0 Å². The fourth-order valence-electron chi connectivity index (χ4n) is 6.60. The highest BCUT2D eigenvalue weighted by Crippen LogP contribution is 2.33. The van der Waals surface area contributed by atoms with Crippen molar-refractivity contribution in [3.8, 4) is 11.3 Å². The number of rotatable bonds is 5. The first-order valence-electron chi connectivity index (χ1n) is 14.1. The zero-order valence-electron chi connectivity index (χ0n) is 22.5. The number of fused-ring (bicyclic) bond motifs is 4. The molecule has 0 amide bonds. The Morgan fingerprint density at radius 1 is 0.683 bits per heavy atom. The van der Waals surface area contributed by atoms with Crippen molar-refractivity contribution in [2.75, 3.05) is 0 Å². The van der Waals surface area contributed by atoms with Crippen LogP contribution in [0.25, 0.3) is 23.0 Å². The lowest BCUT2D eigenvalue weighted by molar-refractivity contribution is -0.137. The first-order valence-corrected chi connectivity index (χ1v) is 14.1. The van der Waals surface area contributed by atoms with Crippen molar-refractivity contribution in [2.45, 2.75) is 38.3 Å². The van der Waals surface area contributed by atoms with Crippen molar-refractivity contribution in [3.63, 3.8) is 0 Å². The number of benzene rings is 4. The molecule has 0 radical (unpaired) electrons. The van der Waals surface area contributed by atoms with Gasteiger partial charge in [-0.2, -0.15) is 13.2 Å². The van der Waals surface area contributed by atoms with Crippen molar-refractivity contribution in [1.29, 1.82) is 0 Å². The van der Waals surface area contributed by atoms with Crippen LogP contribution in [-0.4, -0.2) is 0 Å². The minimum Gasteiger partial charge on any atom is -0.461 e. The van der Waals surface area contributed by atoms with Crippen molar-refractivity contribution in [3.05, 3.63) is 152 Å². The predicted octanol–water partition coefficient (Wildman–Crippen LogP) is 7.79. The van der Waals surface area contributed by atoms with E-state index in [0.29, 0.717) is 17.2 Å². The second kappa shape index (κ2) is 10.3. The van der Waals surface area contributed by atoms with Crippen LogP contribution in [0, 0.1) is 16.4 Å². The van der Waals surface area contributed by atoms with E-state index in [2.05, 4.69) is 72.8 Å². The molecule has 1 unspecified atom stereocenters. The zero-order valence-corrected chi connectivity index (χ0v) is 22.5. The lowest BCUT2D eigenvalue weighted by Gasteiger charge is -2.27. The van der Waals surface area contributed by atoms with Crippen LogP contribution in [-0.2, 0) is 31.9 Å². The van der Waals surface area contributed by atoms with Crippen LogP contribution in [0.1, 0.15) is 34.4 Å². The van der Waals surface area contributed by atoms with Crippen LogP contribution in [0.2, 0.25) is 0 Å². The summed E-state index contributed by atoms with van der Waals surface area (Å²) in [4.78, 5) is 0. The molecule has 0 bridgehead atoms. The lowest BCUT2D eigenvalue weighted by Crippen LogP contribution is -2.28. The molecule has 2 aliphatic rings. The van der Waals surface area contributed by atoms with E-state index in [0.717, 1.165) is 50.0 Å². The zero-order chi connectivity index (χ0) is 28.0. The van der Waals surface area contributed by atoms with Gasteiger partial charge in [0.1, 0.15) is 11.5 Å². The van der Waals surface area contributed by atoms with Gasteiger partial charge in [-0.05, 0) is 93.4 Å².